The number of ether oxygens (including phenoxy) is 2. The number of aliphatic carboxylic acids is 1. The molecule has 9 nitrogen and oxygen atoms in total. The number of halogens is 3. The first-order valence-corrected chi connectivity index (χ1v) is 11.7. The highest BCUT2D eigenvalue weighted by Crippen LogP contribution is 2.34. The normalized spacial score (nSPS) is 21.0. The summed E-state index contributed by atoms with van der Waals surface area (Å²) in [5.41, 5.74) is 3.14. The Balaban J connectivity index is 0.000000429. The van der Waals surface area contributed by atoms with Crippen LogP contribution in [0.25, 0.3) is 11.3 Å². The predicted molar refractivity (Wildman–Crippen MR) is 121 cm³/mol. The topological polar surface area (TPSA) is 105 Å². The lowest BCUT2D eigenvalue weighted by Gasteiger charge is -2.31. The molecule has 0 aliphatic carbocycles. The van der Waals surface area contributed by atoms with Crippen LogP contribution in [0.4, 0.5) is 13.2 Å². The number of alkyl halides is 3. The first kappa shape index (κ1) is 27.0. The molecule has 3 heterocycles. The second kappa shape index (κ2) is 11.9. The molecule has 1 unspecified atom stereocenters. The first-order chi connectivity index (χ1) is 16.6. The number of rotatable bonds is 6. The van der Waals surface area contributed by atoms with E-state index in [1.54, 1.807) is 7.11 Å². The van der Waals surface area contributed by atoms with Gasteiger partial charge in [0, 0.05) is 62.6 Å². The Labute approximate surface area is 204 Å². The lowest BCUT2D eigenvalue weighted by molar-refractivity contribution is -0.192. The lowest BCUT2D eigenvalue weighted by Crippen LogP contribution is -2.40. The molecule has 1 N–H and O–H groups in total. The Bertz CT molecular complexity index is 974. The number of carbonyl (C=O) groups is 2. The van der Waals surface area contributed by atoms with Crippen molar-refractivity contribution in [1.29, 1.82) is 0 Å². The van der Waals surface area contributed by atoms with Gasteiger partial charge in [-0.1, -0.05) is 28.8 Å². The van der Waals surface area contributed by atoms with Crippen molar-refractivity contribution in [1.82, 2.24) is 19.4 Å². The van der Waals surface area contributed by atoms with E-state index < -0.39 is 12.1 Å². The Morgan fingerprint density at radius 3 is 2.60 bits per heavy atom. The minimum absolute atomic E-state index is 0.118. The average Bonchev–Trinajstić information content (AvgIpc) is 3.39. The van der Waals surface area contributed by atoms with Crippen LogP contribution >= 0.6 is 11.5 Å². The van der Waals surface area contributed by atoms with Crippen molar-refractivity contribution in [2.24, 2.45) is 5.41 Å². The number of amides is 1. The summed E-state index contributed by atoms with van der Waals surface area (Å²) >= 11 is 1.36. The van der Waals surface area contributed by atoms with Gasteiger partial charge in [0.25, 0.3) is 0 Å². The monoisotopic (exact) mass is 516 g/mol. The van der Waals surface area contributed by atoms with Crippen molar-refractivity contribution >= 4 is 23.4 Å². The third-order valence-electron chi connectivity index (χ3n) is 5.75. The first-order valence-electron chi connectivity index (χ1n) is 10.9. The van der Waals surface area contributed by atoms with Crippen LogP contribution in [0.1, 0.15) is 12.0 Å². The number of carbonyl (C=O) groups excluding carboxylic acids is 1. The molecule has 0 radical (unpaired) electrons. The zero-order chi connectivity index (χ0) is 25.5. The van der Waals surface area contributed by atoms with Crippen LogP contribution in [0.15, 0.2) is 29.6 Å². The third-order valence-corrected chi connectivity index (χ3v) is 6.25. The summed E-state index contributed by atoms with van der Waals surface area (Å²) in [6.07, 6.45) is -4.52. The molecule has 0 saturated carbocycles. The summed E-state index contributed by atoms with van der Waals surface area (Å²) in [6.45, 7) is 5.95. The van der Waals surface area contributed by atoms with Crippen LogP contribution in [0.3, 0.4) is 0 Å². The highest BCUT2D eigenvalue weighted by atomic mass is 32.1. The number of methoxy groups -OCH3 is 1. The van der Waals surface area contributed by atoms with E-state index in [9.17, 15) is 18.0 Å². The van der Waals surface area contributed by atoms with Gasteiger partial charge in [0.1, 0.15) is 5.69 Å². The molecule has 4 rings (SSSR count). The van der Waals surface area contributed by atoms with Crippen LogP contribution in [-0.2, 0) is 25.6 Å². The van der Waals surface area contributed by atoms with Crippen molar-refractivity contribution in [2.75, 3.05) is 53.1 Å². The quantitative estimate of drug-likeness (QED) is 0.625. The van der Waals surface area contributed by atoms with Gasteiger partial charge in [0.15, 0.2) is 0 Å². The summed E-state index contributed by atoms with van der Waals surface area (Å²) in [5, 5.41) is 13.2. The Kier molecular flexibility index (Phi) is 9.16. The van der Waals surface area contributed by atoms with Gasteiger partial charge < -0.3 is 19.5 Å². The molecular formula is C22H27F3N4O5S. The zero-order valence-corrected chi connectivity index (χ0v) is 20.0. The standard InChI is InChI=1S/C20H26N4O3S.C2HF3O2/c1-26-8-7-24-14-20(10-19(24)25)13-23(6-9-27-15-20)11-16-2-4-17(5-3-16)18-12-28-22-21-18;3-2(4,5)1(6)7/h2-5,12H,6-11,13-15H2,1H3;(H,6,7). The highest BCUT2D eigenvalue weighted by molar-refractivity contribution is 7.03. The van der Waals surface area contributed by atoms with E-state index in [2.05, 4.69) is 38.8 Å². The fourth-order valence-corrected chi connectivity index (χ4v) is 4.60. The second-order valence-corrected chi connectivity index (χ2v) is 9.15. The molecule has 0 bridgehead atoms. The zero-order valence-electron chi connectivity index (χ0n) is 19.2. The van der Waals surface area contributed by atoms with Gasteiger partial charge in [-0.15, -0.1) is 5.10 Å². The van der Waals surface area contributed by atoms with E-state index >= 15 is 0 Å². The summed E-state index contributed by atoms with van der Waals surface area (Å²) in [6, 6.07) is 8.50. The second-order valence-electron chi connectivity index (χ2n) is 8.54. The maximum Gasteiger partial charge on any atom is 0.490 e. The Morgan fingerprint density at radius 2 is 2.00 bits per heavy atom. The van der Waals surface area contributed by atoms with Gasteiger partial charge in [-0.25, -0.2) is 4.79 Å². The number of aromatic nitrogens is 2. The van der Waals surface area contributed by atoms with E-state index in [0.29, 0.717) is 32.8 Å². The van der Waals surface area contributed by atoms with Gasteiger partial charge in [-0.2, -0.15) is 13.2 Å². The summed E-state index contributed by atoms with van der Waals surface area (Å²) in [4.78, 5) is 25.7. The van der Waals surface area contributed by atoms with Crippen molar-refractivity contribution in [3.63, 3.8) is 0 Å². The van der Waals surface area contributed by atoms with Crippen LogP contribution < -0.4 is 0 Å². The Morgan fingerprint density at radius 1 is 1.29 bits per heavy atom. The summed E-state index contributed by atoms with van der Waals surface area (Å²) in [5.74, 6) is -2.55. The SMILES string of the molecule is COCCN1CC2(COCCN(Cc3ccc(-c4csnn4)cc3)C2)CC1=O.O=C(O)C(F)(F)F. The van der Waals surface area contributed by atoms with Crippen molar-refractivity contribution in [3.8, 4) is 11.3 Å². The van der Waals surface area contributed by atoms with Gasteiger partial charge >= 0.3 is 12.1 Å². The highest BCUT2D eigenvalue weighted by Gasteiger charge is 2.45. The number of hydrogen-bond donors (Lipinski definition) is 1. The van der Waals surface area contributed by atoms with Gasteiger partial charge in [0.05, 0.1) is 19.8 Å². The molecule has 2 aliphatic heterocycles. The largest absolute Gasteiger partial charge is 0.490 e. The van der Waals surface area contributed by atoms with Gasteiger partial charge in [0.2, 0.25) is 5.91 Å². The molecule has 1 aromatic heterocycles. The molecule has 35 heavy (non-hydrogen) atoms. The number of hydrogen-bond acceptors (Lipinski definition) is 8. The molecule has 2 saturated heterocycles. The van der Waals surface area contributed by atoms with Crippen LogP contribution in [-0.4, -0.2) is 95.7 Å². The fraction of sp³-hybridized carbons (Fsp3) is 0.545. The number of likely N-dealkylation sites (tertiary alicyclic amines) is 1. The fourth-order valence-electron chi connectivity index (χ4n) is 4.14. The molecule has 1 aromatic carbocycles. The number of benzene rings is 1. The summed E-state index contributed by atoms with van der Waals surface area (Å²) < 4.78 is 46.7. The minimum atomic E-state index is -5.08. The number of carboxylic acid groups (broad SMARTS) is 1. The smallest absolute Gasteiger partial charge is 0.475 e. The molecule has 192 valence electrons. The maximum atomic E-state index is 12.5. The molecule has 2 aromatic rings. The molecule has 1 atom stereocenters. The van der Waals surface area contributed by atoms with Crippen LogP contribution in [0, 0.1) is 5.41 Å². The summed E-state index contributed by atoms with van der Waals surface area (Å²) in [7, 11) is 1.67. The van der Waals surface area contributed by atoms with Gasteiger partial charge in [-0.3, -0.25) is 9.69 Å². The lowest BCUT2D eigenvalue weighted by atomic mass is 9.87. The molecule has 13 heteroatoms. The van der Waals surface area contributed by atoms with E-state index in [1.807, 2.05) is 10.3 Å². The number of carboxylic acids is 1. The molecule has 1 amide bonds. The van der Waals surface area contributed by atoms with E-state index in [1.165, 1.54) is 17.1 Å². The van der Waals surface area contributed by atoms with Crippen molar-refractivity contribution in [2.45, 2.75) is 19.1 Å². The predicted octanol–water partition coefficient (Wildman–Crippen LogP) is 2.54. The number of nitrogens with zero attached hydrogens (tertiary/aromatic N) is 4. The van der Waals surface area contributed by atoms with Crippen molar-refractivity contribution < 1.29 is 37.3 Å². The maximum absolute atomic E-state index is 12.5. The van der Waals surface area contributed by atoms with Gasteiger partial charge in [-0.05, 0) is 17.1 Å². The van der Waals surface area contributed by atoms with E-state index in [4.69, 9.17) is 19.4 Å². The Hall–Kier alpha value is -2.61. The van der Waals surface area contributed by atoms with Crippen LogP contribution in [0.5, 0.6) is 0 Å². The molecule has 1 spiro atoms. The molecule has 2 aliphatic rings. The van der Waals surface area contributed by atoms with Crippen molar-refractivity contribution in [3.05, 3.63) is 35.2 Å². The molecule has 2 fully saturated rings. The minimum Gasteiger partial charge on any atom is -0.475 e. The molecular weight excluding hydrogens is 489 g/mol. The third kappa shape index (κ3) is 7.69. The van der Waals surface area contributed by atoms with Crippen LogP contribution in [0.2, 0.25) is 0 Å². The average molecular weight is 517 g/mol. The van der Waals surface area contributed by atoms with E-state index in [-0.39, 0.29) is 11.3 Å². The van der Waals surface area contributed by atoms with E-state index in [0.717, 1.165) is 37.4 Å².